The lowest BCUT2D eigenvalue weighted by Gasteiger charge is -2.15. The maximum Gasteiger partial charge on any atom is 0.584 e. The lowest BCUT2D eigenvalue weighted by molar-refractivity contribution is 0.294. The molecule has 0 amide bonds. The second-order valence-corrected chi connectivity index (χ2v) is 10.1. The lowest BCUT2D eigenvalue weighted by Crippen LogP contribution is -1.97. The molecule has 4 aromatic rings. The van der Waals surface area contributed by atoms with Crippen LogP contribution in [0.3, 0.4) is 0 Å². The molecule has 1 heterocycles. The third kappa shape index (κ3) is 3.40. The van der Waals surface area contributed by atoms with Crippen LogP contribution < -0.4 is 9.05 Å². The van der Waals surface area contributed by atoms with E-state index in [1.54, 1.807) is 12.1 Å². The molecule has 5 rings (SSSR count). The first-order chi connectivity index (χ1) is 14.7. The molecule has 0 atom stereocenters. The van der Waals surface area contributed by atoms with E-state index in [1.165, 1.54) is 11.1 Å². The largest absolute Gasteiger partial charge is 0.584 e. The molecule has 0 radical (unpaired) electrons. The molecule has 0 aliphatic carbocycles. The van der Waals surface area contributed by atoms with Gasteiger partial charge in [-0.15, -0.1) is 0 Å². The first-order valence-electron chi connectivity index (χ1n) is 10.6. The van der Waals surface area contributed by atoms with Crippen LogP contribution in [0, 0.1) is 0 Å². The molecule has 5 heteroatoms. The lowest BCUT2D eigenvalue weighted by atomic mass is 9.89. The van der Waals surface area contributed by atoms with E-state index in [1.807, 2.05) is 12.1 Å². The molecule has 0 saturated heterocycles. The van der Waals surface area contributed by atoms with Crippen molar-refractivity contribution in [1.29, 1.82) is 0 Å². The van der Waals surface area contributed by atoms with E-state index in [0.717, 1.165) is 32.7 Å². The van der Waals surface area contributed by atoms with Gasteiger partial charge < -0.3 is 9.05 Å². The van der Waals surface area contributed by atoms with E-state index in [2.05, 4.69) is 64.1 Å². The minimum absolute atomic E-state index is 0.356. The van der Waals surface area contributed by atoms with Gasteiger partial charge in [0.15, 0.2) is 0 Å². The van der Waals surface area contributed by atoms with E-state index < -0.39 is 7.82 Å². The van der Waals surface area contributed by atoms with Gasteiger partial charge in [-0.05, 0) is 56.6 Å². The highest BCUT2D eigenvalue weighted by Crippen LogP contribution is 2.56. The van der Waals surface area contributed by atoms with Crippen LogP contribution in [0.5, 0.6) is 11.5 Å². The maximum atomic E-state index is 12.6. The summed E-state index contributed by atoms with van der Waals surface area (Å²) in [4.78, 5) is 10.3. The van der Waals surface area contributed by atoms with Gasteiger partial charge in [-0.1, -0.05) is 76.2 Å². The Morgan fingerprint density at radius 3 is 1.48 bits per heavy atom. The van der Waals surface area contributed by atoms with Crippen LogP contribution in [-0.4, -0.2) is 4.89 Å². The van der Waals surface area contributed by atoms with Crippen molar-refractivity contribution in [3.63, 3.8) is 0 Å². The van der Waals surface area contributed by atoms with Crippen molar-refractivity contribution in [3.8, 4) is 22.6 Å². The number of rotatable bonds is 2. The summed E-state index contributed by atoms with van der Waals surface area (Å²) in [7, 11) is -4.30. The Balaban J connectivity index is 1.89. The Morgan fingerprint density at radius 2 is 1.10 bits per heavy atom. The van der Waals surface area contributed by atoms with Gasteiger partial charge in [-0.2, -0.15) is 0 Å². The molecule has 1 aliphatic rings. The van der Waals surface area contributed by atoms with Gasteiger partial charge in [0, 0.05) is 11.1 Å². The smallest absolute Gasteiger partial charge is 0.395 e. The van der Waals surface area contributed by atoms with Crippen LogP contribution in [0.25, 0.3) is 32.7 Å². The number of fused-ring (bicyclic) bond motifs is 7. The average molecular weight is 432 g/mol. The molecule has 0 saturated carbocycles. The fourth-order valence-corrected chi connectivity index (χ4v) is 5.15. The van der Waals surface area contributed by atoms with Crippen molar-refractivity contribution in [2.75, 3.05) is 0 Å². The van der Waals surface area contributed by atoms with Crippen LogP contribution in [0.15, 0.2) is 60.7 Å². The Labute approximate surface area is 182 Å². The normalized spacial score (nSPS) is 14.8. The topological polar surface area (TPSA) is 55.8 Å². The number of phosphoric ester groups is 1. The zero-order valence-electron chi connectivity index (χ0n) is 18.0. The summed E-state index contributed by atoms with van der Waals surface area (Å²) in [6.45, 7) is 8.66. The number of phosphoric acid groups is 1. The van der Waals surface area contributed by atoms with E-state index in [9.17, 15) is 9.46 Å². The van der Waals surface area contributed by atoms with Crippen molar-refractivity contribution >= 4 is 29.4 Å². The summed E-state index contributed by atoms with van der Waals surface area (Å²) in [5.41, 5.74) is 4.06. The van der Waals surface area contributed by atoms with E-state index in [4.69, 9.17) is 9.05 Å². The molecular weight excluding hydrogens is 407 g/mol. The van der Waals surface area contributed by atoms with E-state index >= 15 is 0 Å². The Hall–Kier alpha value is -2.81. The summed E-state index contributed by atoms with van der Waals surface area (Å²) < 4.78 is 23.7. The quantitative estimate of drug-likeness (QED) is 0.329. The van der Waals surface area contributed by atoms with Gasteiger partial charge in [0.2, 0.25) is 0 Å². The molecule has 0 spiro atoms. The van der Waals surface area contributed by atoms with Crippen molar-refractivity contribution in [2.45, 2.75) is 39.5 Å². The Bertz CT molecular complexity index is 1280. The molecule has 31 heavy (non-hydrogen) atoms. The van der Waals surface area contributed by atoms with Crippen LogP contribution >= 0.6 is 7.82 Å². The predicted octanol–water partition coefficient (Wildman–Crippen LogP) is 7.78. The molecule has 0 unspecified atom stereocenters. The summed E-state index contributed by atoms with van der Waals surface area (Å²) in [6.07, 6.45) is 0. The fourth-order valence-electron chi connectivity index (χ4n) is 4.31. The van der Waals surface area contributed by atoms with Gasteiger partial charge in [0.25, 0.3) is 0 Å². The SMILES string of the molecule is CC(C)c1ccc2c3c(ccc2c1)OP(=O)(O)Oc1ccc2cc(C(C)C)ccc2c1-3. The standard InChI is InChI=1S/C26H25O4P/c1-15(2)17-5-9-21-19(13-17)7-11-23-25(21)26-22-10-6-18(16(3)4)14-20(22)8-12-24(26)30-31(27,28)29-23/h5-16H,1-4H3,(H,27,28). The highest BCUT2D eigenvalue weighted by molar-refractivity contribution is 7.48. The number of hydrogen-bond donors (Lipinski definition) is 1. The number of hydrogen-bond acceptors (Lipinski definition) is 3. The second kappa shape index (κ2) is 7.12. The second-order valence-electron chi connectivity index (χ2n) is 8.80. The van der Waals surface area contributed by atoms with Crippen molar-refractivity contribution < 1.29 is 18.5 Å². The summed E-state index contributed by atoms with van der Waals surface area (Å²) in [5.74, 6) is 1.52. The van der Waals surface area contributed by atoms with Gasteiger partial charge in [0.05, 0.1) is 0 Å². The third-order valence-electron chi connectivity index (χ3n) is 6.02. The van der Waals surface area contributed by atoms with Crippen molar-refractivity contribution in [2.24, 2.45) is 0 Å². The van der Waals surface area contributed by atoms with E-state index in [-0.39, 0.29) is 0 Å². The molecule has 1 N–H and O–H groups in total. The molecule has 4 nitrogen and oxygen atoms in total. The molecule has 158 valence electrons. The van der Waals surface area contributed by atoms with Gasteiger partial charge in [-0.3, -0.25) is 4.89 Å². The van der Waals surface area contributed by atoms with Crippen molar-refractivity contribution in [3.05, 3.63) is 71.8 Å². The molecule has 1 aliphatic heterocycles. The van der Waals surface area contributed by atoms with Gasteiger partial charge in [-0.25, -0.2) is 4.57 Å². The highest BCUT2D eigenvalue weighted by Gasteiger charge is 2.34. The molecule has 0 fully saturated rings. The first kappa shape index (κ1) is 20.1. The zero-order valence-corrected chi connectivity index (χ0v) is 18.9. The van der Waals surface area contributed by atoms with Crippen molar-refractivity contribution in [1.82, 2.24) is 0 Å². The van der Waals surface area contributed by atoms with Crippen LogP contribution in [-0.2, 0) is 4.57 Å². The first-order valence-corrected chi connectivity index (χ1v) is 12.1. The number of benzene rings is 4. The average Bonchev–Trinajstić information content (AvgIpc) is 2.84. The molecule has 0 bridgehead atoms. The van der Waals surface area contributed by atoms with Crippen LogP contribution in [0.1, 0.15) is 50.7 Å². The molecule has 0 aromatic heterocycles. The van der Waals surface area contributed by atoms with Gasteiger partial charge in [0.1, 0.15) is 11.5 Å². The minimum Gasteiger partial charge on any atom is -0.395 e. The molecule has 4 aromatic carbocycles. The third-order valence-corrected chi connectivity index (χ3v) is 6.88. The zero-order chi connectivity index (χ0) is 21.9. The molecular formula is C26H25O4P. The summed E-state index contributed by atoms with van der Waals surface area (Å²) in [6, 6.07) is 20.1. The summed E-state index contributed by atoms with van der Waals surface area (Å²) in [5, 5.41) is 4.05. The fraction of sp³-hybridized carbons (Fsp3) is 0.231. The van der Waals surface area contributed by atoms with E-state index in [0.29, 0.717) is 23.3 Å². The Kier molecular flexibility index (Phi) is 4.62. The highest BCUT2D eigenvalue weighted by atomic mass is 31.2. The predicted molar refractivity (Wildman–Crippen MR) is 126 cm³/mol. The summed E-state index contributed by atoms with van der Waals surface area (Å²) >= 11 is 0. The Morgan fingerprint density at radius 1 is 0.677 bits per heavy atom. The maximum absolute atomic E-state index is 12.6. The van der Waals surface area contributed by atoms with Crippen LogP contribution in [0.4, 0.5) is 0 Å². The van der Waals surface area contributed by atoms with Gasteiger partial charge >= 0.3 is 7.82 Å². The monoisotopic (exact) mass is 432 g/mol. The van der Waals surface area contributed by atoms with Crippen LogP contribution in [0.2, 0.25) is 0 Å². The minimum atomic E-state index is -4.30.